The molecule has 0 aromatic carbocycles. The van der Waals surface area contributed by atoms with Gasteiger partial charge in [-0.05, 0) is 24.7 Å². The highest BCUT2D eigenvalue weighted by atomic mass is 14.8. The van der Waals surface area contributed by atoms with E-state index >= 15 is 0 Å². The van der Waals surface area contributed by atoms with E-state index in [1.807, 2.05) is 19.2 Å². The van der Waals surface area contributed by atoms with Crippen molar-refractivity contribution in [2.75, 3.05) is 7.05 Å². The largest absolute Gasteiger partial charge is 0.325 e. The Bertz CT molecular complexity index is 222. The number of nitrogens with zero attached hydrogens (tertiary/aromatic N) is 1. The molecule has 3 heteroatoms. The summed E-state index contributed by atoms with van der Waals surface area (Å²) in [7, 11) is 1.92. The van der Waals surface area contributed by atoms with E-state index in [4.69, 9.17) is 5.73 Å². The molecule has 0 saturated carbocycles. The molecule has 60 valence electrons. The maximum Gasteiger partial charge on any atom is 0.0542 e. The molecule has 1 heterocycles. The lowest BCUT2D eigenvalue weighted by molar-refractivity contribution is 0.811. The second kappa shape index (κ2) is 4.05. The van der Waals surface area contributed by atoms with Crippen LogP contribution in [0.3, 0.4) is 0 Å². The molecule has 1 rings (SSSR count). The zero-order valence-electron chi connectivity index (χ0n) is 6.67. The normalized spacial score (nSPS) is 10.0. The fraction of sp³-hybridized carbons (Fsp3) is 0.375. The number of aromatic nitrogens is 1. The van der Waals surface area contributed by atoms with Gasteiger partial charge in [0.25, 0.3) is 0 Å². The smallest absolute Gasteiger partial charge is 0.0542 e. The third-order valence-electron chi connectivity index (χ3n) is 1.47. The molecule has 0 fully saturated rings. The van der Waals surface area contributed by atoms with E-state index in [1.165, 1.54) is 5.56 Å². The molecule has 11 heavy (non-hydrogen) atoms. The van der Waals surface area contributed by atoms with Gasteiger partial charge < -0.3 is 11.1 Å². The van der Waals surface area contributed by atoms with Crippen LogP contribution in [-0.2, 0) is 13.1 Å². The van der Waals surface area contributed by atoms with Crippen molar-refractivity contribution < 1.29 is 0 Å². The average molecular weight is 151 g/mol. The molecule has 0 aliphatic heterocycles. The van der Waals surface area contributed by atoms with Crippen LogP contribution in [-0.4, -0.2) is 12.0 Å². The van der Waals surface area contributed by atoms with E-state index in [0.717, 1.165) is 12.2 Å². The second-order valence-corrected chi connectivity index (χ2v) is 2.39. The van der Waals surface area contributed by atoms with Gasteiger partial charge in [0, 0.05) is 19.3 Å². The average Bonchev–Trinajstić information content (AvgIpc) is 2.06. The maximum absolute atomic E-state index is 5.43. The van der Waals surface area contributed by atoms with Crippen LogP contribution >= 0.6 is 0 Å². The quantitative estimate of drug-likeness (QED) is 0.651. The van der Waals surface area contributed by atoms with Crippen molar-refractivity contribution in [3.63, 3.8) is 0 Å². The lowest BCUT2D eigenvalue weighted by Crippen LogP contribution is -2.07. The topological polar surface area (TPSA) is 50.9 Å². The second-order valence-electron chi connectivity index (χ2n) is 2.39. The van der Waals surface area contributed by atoms with Crippen LogP contribution in [0.15, 0.2) is 18.3 Å². The van der Waals surface area contributed by atoms with Gasteiger partial charge in [-0.25, -0.2) is 0 Å². The van der Waals surface area contributed by atoms with Crippen LogP contribution < -0.4 is 11.1 Å². The van der Waals surface area contributed by atoms with E-state index in [2.05, 4.69) is 10.3 Å². The Morgan fingerprint density at radius 3 is 3.09 bits per heavy atom. The molecule has 0 aliphatic rings. The van der Waals surface area contributed by atoms with Gasteiger partial charge in [-0.15, -0.1) is 0 Å². The number of hydrogen-bond donors (Lipinski definition) is 2. The van der Waals surface area contributed by atoms with Crippen LogP contribution in [0, 0.1) is 0 Å². The van der Waals surface area contributed by atoms with Gasteiger partial charge in [0.1, 0.15) is 0 Å². The van der Waals surface area contributed by atoms with Gasteiger partial charge in [0.2, 0.25) is 0 Å². The van der Waals surface area contributed by atoms with Gasteiger partial charge in [0.15, 0.2) is 0 Å². The Morgan fingerprint density at radius 2 is 2.45 bits per heavy atom. The van der Waals surface area contributed by atoms with Crippen molar-refractivity contribution in [2.24, 2.45) is 5.73 Å². The lowest BCUT2D eigenvalue weighted by atomic mass is 10.2. The number of rotatable bonds is 3. The minimum absolute atomic E-state index is 0.511. The minimum Gasteiger partial charge on any atom is -0.325 e. The fourth-order valence-corrected chi connectivity index (χ4v) is 0.954. The highest BCUT2D eigenvalue weighted by Crippen LogP contribution is 1.99. The van der Waals surface area contributed by atoms with Gasteiger partial charge in [-0.3, -0.25) is 4.98 Å². The first-order chi connectivity index (χ1) is 5.36. The molecule has 3 nitrogen and oxygen atoms in total. The molecular weight excluding hydrogens is 138 g/mol. The van der Waals surface area contributed by atoms with Crippen molar-refractivity contribution in [3.8, 4) is 0 Å². The van der Waals surface area contributed by atoms with Crippen LogP contribution in [0.4, 0.5) is 0 Å². The molecule has 1 aromatic heterocycles. The van der Waals surface area contributed by atoms with Crippen molar-refractivity contribution >= 4 is 0 Å². The Morgan fingerprint density at radius 1 is 1.64 bits per heavy atom. The molecule has 0 saturated heterocycles. The predicted octanol–water partition coefficient (Wildman–Crippen LogP) is 0.260. The number of nitrogens with one attached hydrogen (secondary N) is 1. The summed E-state index contributed by atoms with van der Waals surface area (Å²) in [6.07, 6.45) is 1.79. The fourth-order valence-electron chi connectivity index (χ4n) is 0.954. The van der Waals surface area contributed by atoms with E-state index in [-0.39, 0.29) is 0 Å². The Balaban J connectivity index is 2.74. The molecule has 0 spiro atoms. The molecular formula is C8H13N3. The maximum atomic E-state index is 5.43. The summed E-state index contributed by atoms with van der Waals surface area (Å²) in [5.41, 5.74) is 7.60. The summed E-state index contributed by atoms with van der Waals surface area (Å²) in [6.45, 7) is 1.38. The van der Waals surface area contributed by atoms with Crippen molar-refractivity contribution in [3.05, 3.63) is 29.6 Å². The molecule has 0 amide bonds. The number of nitrogens with two attached hydrogens (primary N) is 1. The highest BCUT2D eigenvalue weighted by Gasteiger charge is 1.92. The monoisotopic (exact) mass is 151 g/mol. The number of hydrogen-bond acceptors (Lipinski definition) is 3. The van der Waals surface area contributed by atoms with E-state index in [1.54, 1.807) is 6.20 Å². The van der Waals surface area contributed by atoms with E-state index in [9.17, 15) is 0 Å². The molecule has 0 radical (unpaired) electrons. The van der Waals surface area contributed by atoms with Crippen molar-refractivity contribution in [1.29, 1.82) is 0 Å². The minimum atomic E-state index is 0.511. The van der Waals surface area contributed by atoms with Gasteiger partial charge in [-0.2, -0.15) is 0 Å². The first-order valence-electron chi connectivity index (χ1n) is 3.65. The van der Waals surface area contributed by atoms with Gasteiger partial charge >= 0.3 is 0 Å². The molecule has 1 aromatic rings. The first-order valence-corrected chi connectivity index (χ1v) is 3.65. The van der Waals surface area contributed by atoms with Crippen molar-refractivity contribution in [2.45, 2.75) is 13.1 Å². The van der Waals surface area contributed by atoms with Crippen LogP contribution in [0.5, 0.6) is 0 Å². The summed E-state index contributed by atoms with van der Waals surface area (Å²) in [6, 6.07) is 3.99. The van der Waals surface area contributed by atoms with Gasteiger partial charge in [-0.1, -0.05) is 0 Å². The van der Waals surface area contributed by atoms with Crippen LogP contribution in [0.2, 0.25) is 0 Å². The third-order valence-corrected chi connectivity index (χ3v) is 1.47. The van der Waals surface area contributed by atoms with Crippen LogP contribution in [0.25, 0.3) is 0 Å². The van der Waals surface area contributed by atoms with Crippen molar-refractivity contribution in [1.82, 2.24) is 10.3 Å². The van der Waals surface area contributed by atoms with E-state index in [0.29, 0.717) is 6.54 Å². The summed E-state index contributed by atoms with van der Waals surface area (Å²) in [5.74, 6) is 0. The van der Waals surface area contributed by atoms with Crippen LogP contribution in [0.1, 0.15) is 11.3 Å². The third kappa shape index (κ3) is 2.29. The van der Waals surface area contributed by atoms with Gasteiger partial charge in [0.05, 0.1) is 5.69 Å². The molecule has 0 atom stereocenters. The van der Waals surface area contributed by atoms with E-state index < -0.39 is 0 Å². The SMILES string of the molecule is CNCc1ccnc(CN)c1. The molecule has 0 unspecified atom stereocenters. The Kier molecular flexibility index (Phi) is 3.01. The summed E-state index contributed by atoms with van der Waals surface area (Å²) < 4.78 is 0. The summed E-state index contributed by atoms with van der Waals surface area (Å²) in [4.78, 5) is 4.09. The lowest BCUT2D eigenvalue weighted by Gasteiger charge is -2.00. The zero-order valence-corrected chi connectivity index (χ0v) is 6.67. The summed E-state index contributed by atoms with van der Waals surface area (Å²) in [5, 5.41) is 3.07. The zero-order chi connectivity index (χ0) is 8.10. The standard InChI is InChI=1S/C8H13N3/c1-10-6-7-2-3-11-8(4-7)5-9/h2-4,10H,5-6,9H2,1H3. The Hall–Kier alpha value is -0.930. The number of pyridine rings is 1. The molecule has 0 bridgehead atoms. The predicted molar refractivity (Wildman–Crippen MR) is 44.9 cm³/mol. The summed E-state index contributed by atoms with van der Waals surface area (Å²) >= 11 is 0. The first kappa shape index (κ1) is 8.17. The Labute approximate surface area is 66.6 Å². The highest BCUT2D eigenvalue weighted by molar-refractivity contribution is 5.15. The molecule has 3 N–H and O–H groups in total. The molecule has 0 aliphatic carbocycles.